The molecule has 10 heteroatoms. The summed E-state index contributed by atoms with van der Waals surface area (Å²) in [4.78, 5) is 26.5. The monoisotopic (exact) mass is 435 g/mol. The number of nitrogens with zero attached hydrogens (tertiary/aromatic N) is 2. The van der Waals surface area contributed by atoms with Crippen molar-refractivity contribution in [3.8, 4) is 11.5 Å². The van der Waals surface area contributed by atoms with E-state index in [2.05, 4.69) is 5.32 Å². The first-order chi connectivity index (χ1) is 14.4. The molecule has 2 amide bonds. The summed E-state index contributed by atoms with van der Waals surface area (Å²) in [6.45, 7) is 2.34. The van der Waals surface area contributed by atoms with E-state index in [1.807, 2.05) is 0 Å². The number of hydrogen-bond donors (Lipinski definition) is 1. The second-order valence-corrected chi connectivity index (χ2v) is 10.4. The number of ether oxygens (including phenoxy) is 2. The third-order valence-corrected chi connectivity index (χ3v) is 8.04. The molecule has 30 heavy (non-hydrogen) atoms. The normalized spacial score (nSPS) is 24.6. The summed E-state index contributed by atoms with van der Waals surface area (Å²) in [6, 6.07) is 4.41. The van der Waals surface area contributed by atoms with Crippen molar-refractivity contribution in [2.45, 2.75) is 30.2 Å². The fourth-order valence-corrected chi connectivity index (χ4v) is 5.65. The van der Waals surface area contributed by atoms with Crippen LogP contribution < -0.4 is 14.8 Å². The Kier molecular flexibility index (Phi) is 4.85. The molecule has 3 heterocycles. The summed E-state index contributed by atoms with van der Waals surface area (Å²) < 4.78 is 38.1. The third kappa shape index (κ3) is 3.62. The number of amides is 2. The fraction of sp³-hybridized carbons (Fsp3) is 0.600. The lowest BCUT2D eigenvalue weighted by Gasteiger charge is -2.43. The van der Waals surface area contributed by atoms with Crippen LogP contribution >= 0.6 is 0 Å². The lowest BCUT2D eigenvalue weighted by atomic mass is 10.1. The van der Waals surface area contributed by atoms with Crippen LogP contribution in [0.2, 0.25) is 0 Å². The highest BCUT2D eigenvalue weighted by Gasteiger charge is 2.46. The Hall–Kier alpha value is -2.33. The quantitative estimate of drug-likeness (QED) is 0.685. The van der Waals surface area contributed by atoms with Crippen LogP contribution in [-0.4, -0.2) is 74.9 Å². The first kappa shape index (κ1) is 19.6. The number of carbonyl (C=O) groups is 2. The zero-order valence-electron chi connectivity index (χ0n) is 16.6. The van der Waals surface area contributed by atoms with Crippen molar-refractivity contribution in [3.63, 3.8) is 0 Å². The minimum absolute atomic E-state index is 0.0715. The van der Waals surface area contributed by atoms with E-state index in [4.69, 9.17) is 9.47 Å². The van der Waals surface area contributed by atoms with Crippen molar-refractivity contribution in [2.24, 2.45) is 11.8 Å². The number of rotatable bonds is 6. The molecule has 5 rings (SSSR count). The number of nitrogens with one attached hydrogen (secondary N) is 1. The highest BCUT2D eigenvalue weighted by molar-refractivity contribution is 7.89. The molecule has 9 nitrogen and oxygen atoms in total. The topological polar surface area (TPSA) is 105 Å². The molecular weight excluding hydrogens is 410 g/mol. The van der Waals surface area contributed by atoms with Gasteiger partial charge in [0.1, 0.15) is 13.2 Å². The van der Waals surface area contributed by atoms with Crippen LogP contribution in [0.5, 0.6) is 11.5 Å². The molecule has 1 atom stereocenters. The number of hydrogen-bond acceptors (Lipinski definition) is 6. The van der Waals surface area contributed by atoms with E-state index in [0.717, 1.165) is 12.8 Å². The van der Waals surface area contributed by atoms with Crippen molar-refractivity contribution < 1.29 is 27.5 Å². The van der Waals surface area contributed by atoms with Gasteiger partial charge in [-0.3, -0.25) is 9.59 Å². The van der Waals surface area contributed by atoms with E-state index >= 15 is 0 Å². The van der Waals surface area contributed by atoms with Gasteiger partial charge in [-0.15, -0.1) is 0 Å². The fourth-order valence-electron chi connectivity index (χ4n) is 4.11. The van der Waals surface area contributed by atoms with E-state index in [1.165, 1.54) is 16.4 Å². The number of carbonyl (C=O) groups excluding carboxylic acids is 2. The molecule has 4 aliphatic rings. The Balaban J connectivity index is 1.19. The standard InChI is InChI=1S/C20H25N3O6S/c24-19-7-14(20(25)21-9-13-1-2-13)10-23(19)15-11-22(12-15)30(26,27)16-3-4-17-18(8-16)29-6-5-28-17/h3-4,8,13-15H,1-2,5-7,9-12H2,(H,21,25). The molecule has 0 aromatic heterocycles. The lowest BCUT2D eigenvalue weighted by Crippen LogP contribution is -2.61. The number of fused-ring (bicyclic) bond motifs is 1. The minimum Gasteiger partial charge on any atom is -0.486 e. The number of likely N-dealkylation sites (tertiary alicyclic amines) is 1. The maximum atomic E-state index is 12.9. The Bertz CT molecular complexity index is 971. The molecule has 1 aromatic rings. The average Bonchev–Trinajstić information content (AvgIpc) is 3.46. The van der Waals surface area contributed by atoms with Crippen LogP contribution in [0, 0.1) is 11.8 Å². The molecule has 0 bridgehead atoms. The van der Waals surface area contributed by atoms with Crippen molar-refractivity contribution >= 4 is 21.8 Å². The first-order valence-electron chi connectivity index (χ1n) is 10.4. The molecule has 1 saturated carbocycles. The van der Waals surface area contributed by atoms with E-state index < -0.39 is 10.0 Å². The molecule has 162 valence electrons. The van der Waals surface area contributed by atoms with Gasteiger partial charge < -0.3 is 19.7 Å². The van der Waals surface area contributed by atoms with Gasteiger partial charge in [0.2, 0.25) is 21.8 Å². The zero-order chi connectivity index (χ0) is 20.9. The van der Waals surface area contributed by atoms with Gasteiger partial charge in [0.25, 0.3) is 0 Å². The molecule has 1 unspecified atom stereocenters. The maximum Gasteiger partial charge on any atom is 0.243 e. The van der Waals surface area contributed by atoms with Crippen molar-refractivity contribution in [3.05, 3.63) is 18.2 Å². The number of sulfonamides is 1. The summed E-state index contributed by atoms with van der Waals surface area (Å²) >= 11 is 0. The Morgan fingerprint density at radius 2 is 1.83 bits per heavy atom. The van der Waals surface area contributed by atoms with Gasteiger partial charge in [0.05, 0.1) is 16.9 Å². The van der Waals surface area contributed by atoms with Crippen LogP contribution in [0.3, 0.4) is 0 Å². The van der Waals surface area contributed by atoms with Gasteiger partial charge in [0, 0.05) is 38.7 Å². The molecular formula is C20H25N3O6S. The number of benzene rings is 1. The lowest BCUT2D eigenvalue weighted by molar-refractivity contribution is -0.132. The Morgan fingerprint density at radius 1 is 1.10 bits per heavy atom. The van der Waals surface area contributed by atoms with Gasteiger partial charge in [-0.05, 0) is 30.9 Å². The van der Waals surface area contributed by atoms with Crippen LogP contribution in [-0.2, 0) is 19.6 Å². The molecule has 1 aromatic carbocycles. The van der Waals surface area contributed by atoms with Crippen LogP contribution in [0.1, 0.15) is 19.3 Å². The SMILES string of the molecule is O=C(NCC1CC1)C1CC(=O)N(C2CN(S(=O)(=O)c3ccc4c(c3)OCCO4)C2)C1. The Morgan fingerprint density at radius 3 is 2.57 bits per heavy atom. The van der Waals surface area contributed by atoms with Gasteiger partial charge in [-0.2, -0.15) is 4.31 Å². The Labute approximate surface area is 175 Å². The minimum atomic E-state index is -3.68. The average molecular weight is 436 g/mol. The van der Waals surface area contributed by atoms with E-state index in [0.29, 0.717) is 43.7 Å². The largest absolute Gasteiger partial charge is 0.486 e. The zero-order valence-corrected chi connectivity index (χ0v) is 17.4. The van der Waals surface area contributed by atoms with Gasteiger partial charge in [0.15, 0.2) is 11.5 Å². The third-order valence-electron chi connectivity index (χ3n) is 6.21. The molecule has 1 aliphatic carbocycles. The van der Waals surface area contributed by atoms with Crippen molar-refractivity contribution in [1.82, 2.24) is 14.5 Å². The second-order valence-electron chi connectivity index (χ2n) is 8.42. The molecule has 2 saturated heterocycles. The van der Waals surface area contributed by atoms with E-state index in [1.54, 1.807) is 11.0 Å². The molecule has 3 aliphatic heterocycles. The van der Waals surface area contributed by atoms with Crippen molar-refractivity contribution in [2.75, 3.05) is 39.4 Å². The van der Waals surface area contributed by atoms with Gasteiger partial charge in [-0.1, -0.05) is 0 Å². The van der Waals surface area contributed by atoms with Crippen molar-refractivity contribution in [1.29, 1.82) is 0 Å². The summed E-state index contributed by atoms with van der Waals surface area (Å²) in [7, 11) is -3.68. The smallest absolute Gasteiger partial charge is 0.243 e. The highest BCUT2D eigenvalue weighted by Crippen LogP contribution is 2.35. The second kappa shape index (κ2) is 7.42. The molecule has 3 fully saturated rings. The predicted octanol–water partition coefficient (Wildman–Crippen LogP) is 0.205. The van der Waals surface area contributed by atoms with Crippen LogP contribution in [0.25, 0.3) is 0 Å². The molecule has 1 N–H and O–H groups in total. The van der Waals surface area contributed by atoms with E-state index in [-0.39, 0.29) is 48.2 Å². The van der Waals surface area contributed by atoms with Gasteiger partial charge >= 0.3 is 0 Å². The summed E-state index contributed by atoms with van der Waals surface area (Å²) in [5.41, 5.74) is 0. The highest BCUT2D eigenvalue weighted by atomic mass is 32.2. The van der Waals surface area contributed by atoms with E-state index in [9.17, 15) is 18.0 Å². The summed E-state index contributed by atoms with van der Waals surface area (Å²) in [5, 5.41) is 2.94. The van der Waals surface area contributed by atoms with Crippen LogP contribution in [0.15, 0.2) is 23.1 Å². The summed E-state index contributed by atoms with van der Waals surface area (Å²) in [5.74, 6) is 1.05. The summed E-state index contributed by atoms with van der Waals surface area (Å²) in [6.07, 6.45) is 2.51. The maximum absolute atomic E-state index is 12.9. The van der Waals surface area contributed by atoms with Crippen LogP contribution in [0.4, 0.5) is 0 Å². The predicted molar refractivity (Wildman–Crippen MR) is 106 cm³/mol. The van der Waals surface area contributed by atoms with Gasteiger partial charge in [-0.25, -0.2) is 8.42 Å². The first-order valence-corrected chi connectivity index (χ1v) is 11.8. The molecule has 0 radical (unpaired) electrons. The molecule has 0 spiro atoms.